The Morgan fingerprint density at radius 2 is 2.31 bits per heavy atom. The summed E-state index contributed by atoms with van der Waals surface area (Å²) < 4.78 is 4.41. The molecule has 0 bridgehead atoms. The summed E-state index contributed by atoms with van der Waals surface area (Å²) in [6.45, 7) is 0. The predicted molar refractivity (Wildman–Crippen MR) is 57.0 cm³/mol. The van der Waals surface area contributed by atoms with E-state index in [0.717, 1.165) is 0 Å². The van der Waals surface area contributed by atoms with Crippen LogP contribution < -0.4 is 0 Å². The van der Waals surface area contributed by atoms with Crippen LogP contribution in [-0.2, 0) is 9.53 Å². The van der Waals surface area contributed by atoms with Crippen molar-refractivity contribution in [3.8, 4) is 17.6 Å². The summed E-state index contributed by atoms with van der Waals surface area (Å²) in [6.07, 6.45) is 0.549. The number of hydrogen-bond acceptors (Lipinski definition) is 4. The number of aldehydes is 1. The average molecular weight is 218 g/mol. The summed E-state index contributed by atoms with van der Waals surface area (Å²) in [5, 5.41) is 9.36. The maximum Gasteiger partial charge on any atom is 0.317 e. The lowest BCUT2D eigenvalue weighted by Crippen LogP contribution is -1.97. The maximum atomic E-state index is 10.7. The summed E-state index contributed by atoms with van der Waals surface area (Å²) in [6, 6.07) is 4.42. The molecule has 0 atom stereocenters. The van der Waals surface area contributed by atoms with E-state index in [0.29, 0.717) is 11.8 Å². The van der Waals surface area contributed by atoms with Crippen LogP contribution in [0, 0.1) is 11.8 Å². The van der Waals surface area contributed by atoms with Crippen LogP contribution >= 0.6 is 0 Å². The second-order valence-electron chi connectivity index (χ2n) is 2.95. The maximum absolute atomic E-state index is 10.7. The first-order valence-electron chi connectivity index (χ1n) is 4.51. The van der Waals surface area contributed by atoms with E-state index in [1.807, 2.05) is 0 Å². The van der Waals surface area contributed by atoms with Gasteiger partial charge in [-0.2, -0.15) is 0 Å². The Hall–Kier alpha value is -2.28. The first kappa shape index (κ1) is 11.8. The second kappa shape index (κ2) is 5.56. The van der Waals surface area contributed by atoms with Gasteiger partial charge < -0.3 is 9.84 Å². The van der Waals surface area contributed by atoms with Crippen molar-refractivity contribution in [1.82, 2.24) is 0 Å². The summed E-state index contributed by atoms with van der Waals surface area (Å²) in [5.74, 6) is 4.73. The molecule has 0 aromatic heterocycles. The number of ether oxygens (including phenoxy) is 1. The molecule has 0 aliphatic heterocycles. The molecule has 0 radical (unpaired) electrons. The molecular formula is C12H10O4. The van der Waals surface area contributed by atoms with Crippen LogP contribution in [0.25, 0.3) is 0 Å². The number of phenols is 1. The van der Waals surface area contributed by atoms with Gasteiger partial charge in [-0.1, -0.05) is 11.8 Å². The molecule has 0 saturated carbocycles. The lowest BCUT2D eigenvalue weighted by Gasteiger charge is -1.96. The molecule has 0 amide bonds. The average Bonchev–Trinajstić information content (AvgIpc) is 2.29. The van der Waals surface area contributed by atoms with Gasteiger partial charge in [-0.25, -0.2) is 0 Å². The number of carbonyl (C=O) groups is 2. The Kier molecular flexibility index (Phi) is 4.10. The van der Waals surface area contributed by atoms with Gasteiger partial charge in [-0.3, -0.25) is 9.59 Å². The molecule has 1 rings (SSSR count). The molecule has 1 aromatic carbocycles. The van der Waals surface area contributed by atoms with Crippen molar-refractivity contribution in [1.29, 1.82) is 0 Å². The molecule has 0 fully saturated rings. The number of phenolic OH excluding ortho intramolecular Hbond substituents is 1. The van der Waals surface area contributed by atoms with Gasteiger partial charge in [-0.05, 0) is 18.2 Å². The highest BCUT2D eigenvalue weighted by atomic mass is 16.5. The van der Waals surface area contributed by atoms with E-state index in [4.69, 9.17) is 0 Å². The molecule has 16 heavy (non-hydrogen) atoms. The number of hydrogen-bond donors (Lipinski definition) is 1. The number of rotatable bonds is 2. The minimum Gasteiger partial charge on any atom is -0.507 e. The van der Waals surface area contributed by atoms with E-state index in [-0.39, 0.29) is 17.7 Å². The molecule has 0 unspecified atom stereocenters. The van der Waals surface area contributed by atoms with E-state index >= 15 is 0 Å². The van der Waals surface area contributed by atoms with Crippen molar-refractivity contribution in [3.63, 3.8) is 0 Å². The molecule has 4 heteroatoms. The minimum absolute atomic E-state index is 0.00725. The molecule has 0 heterocycles. The molecular weight excluding hydrogens is 208 g/mol. The first-order valence-corrected chi connectivity index (χ1v) is 4.51. The molecule has 0 aliphatic carbocycles. The fourth-order valence-corrected chi connectivity index (χ4v) is 1.01. The lowest BCUT2D eigenvalue weighted by atomic mass is 10.1. The van der Waals surface area contributed by atoms with Crippen molar-refractivity contribution in [2.24, 2.45) is 0 Å². The van der Waals surface area contributed by atoms with E-state index in [2.05, 4.69) is 16.6 Å². The second-order valence-corrected chi connectivity index (χ2v) is 2.95. The molecule has 1 aromatic rings. The van der Waals surface area contributed by atoms with Gasteiger partial charge >= 0.3 is 5.97 Å². The monoisotopic (exact) mass is 218 g/mol. The van der Waals surface area contributed by atoms with Gasteiger partial charge in [0.15, 0.2) is 6.29 Å². The molecule has 82 valence electrons. The largest absolute Gasteiger partial charge is 0.507 e. The van der Waals surface area contributed by atoms with Crippen LogP contribution in [0.3, 0.4) is 0 Å². The Bertz CT molecular complexity index is 466. The zero-order valence-corrected chi connectivity index (χ0v) is 8.69. The SMILES string of the molecule is COC(=O)CC#Cc1ccc(C=O)c(O)c1. The number of methoxy groups -OCH3 is 1. The summed E-state index contributed by atoms with van der Waals surface area (Å²) in [4.78, 5) is 21.2. The Morgan fingerprint density at radius 3 is 2.88 bits per heavy atom. The van der Waals surface area contributed by atoms with Gasteiger partial charge in [0.05, 0.1) is 12.7 Å². The number of esters is 1. The van der Waals surface area contributed by atoms with Crippen molar-refractivity contribution in [2.75, 3.05) is 7.11 Å². The fourth-order valence-electron chi connectivity index (χ4n) is 1.01. The molecule has 0 spiro atoms. The molecule has 1 N–H and O–H groups in total. The van der Waals surface area contributed by atoms with E-state index in [9.17, 15) is 14.7 Å². The Balaban J connectivity index is 2.78. The smallest absolute Gasteiger partial charge is 0.317 e. The van der Waals surface area contributed by atoms with Crippen LogP contribution in [0.1, 0.15) is 22.3 Å². The minimum atomic E-state index is -0.416. The van der Waals surface area contributed by atoms with Crippen LogP contribution in [0.15, 0.2) is 18.2 Å². The van der Waals surface area contributed by atoms with Crippen LogP contribution in [0.5, 0.6) is 5.75 Å². The molecule has 0 saturated heterocycles. The van der Waals surface area contributed by atoms with Crippen molar-refractivity contribution in [3.05, 3.63) is 29.3 Å². The summed E-state index contributed by atoms with van der Waals surface area (Å²) >= 11 is 0. The van der Waals surface area contributed by atoms with Gasteiger partial charge in [0.1, 0.15) is 12.2 Å². The highest BCUT2D eigenvalue weighted by Crippen LogP contribution is 2.15. The Labute approximate surface area is 92.9 Å². The number of aromatic hydroxyl groups is 1. The first-order chi connectivity index (χ1) is 7.67. The summed E-state index contributed by atoms with van der Waals surface area (Å²) in [7, 11) is 1.29. The Morgan fingerprint density at radius 1 is 1.56 bits per heavy atom. The van der Waals surface area contributed by atoms with E-state index in [1.54, 1.807) is 6.07 Å². The third-order valence-electron chi connectivity index (χ3n) is 1.85. The van der Waals surface area contributed by atoms with Crippen LogP contribution in [0.4, 0.5) is 0 Å². The molecule has 4 nitrogen and oxygen atoms in total. The third-order valence-corrected chi connectivity index (χ3v) is 1.85. The van der Waals surface area contributed by atoms with E-state index < -0.39 is 5.97 Å². The highest BCUT2D eigenvalue weighted by Gasteiger charge is 1.99. The zero-order chi connectivity index (χ0) is 12.0. The standard InChI is InChI=1S/C12H10O4/c1-16-12(15)4-2-3-9-5-6-10(8-13)11(14)7-9/h5-8,14H,4H2,1H3. The van der Waals surface area contributed by atoms with Crippen LogP contribution in [-0.4, -0.2) is 24.5 Å². The summed E-state index contributed by atoms with van der Waals surface area (Å²) in [5.41, 5.74) is 0.741. The lowest BCUT2D eigenvalue weighted by molar-refractivity contribution is -0.139. The van der Waals surface area contributed by atoms with Crippen LogP contribution in [0.2, 0.25) is 0 Å². The van der Waals surface area contributed by atoms with Gasteiger partial charge in [0.25, 0.3) is 0 Å². The molecule has 0 aliphatic rings. The normalized spacial score (nSPS) is 8.81. The van der Waals surface area contributed by atoms with Crippen molar-refractivity contribution in [2.45, 2.75) is 6.42 Å². The van der Waals surface area contributed by atoms with Crippen molar-refractivity contribution >= 4 is 12.3 Å². The topological polar surface area (TPSA) is 63.6 Å². The van der Waals surface area contributed by atoms with Crippen molar-refractivity contribution < 1.29 is 19.4 Å². The van der Waals surface area contributed by atoms with Gasteiger partial charge in [0.2, 0.25) is 0 Å². The predicted octanol–water partition coefficient (Wildman–Crippen LogP) is 1.12. The third kappa shape index (κ3) is 3.14. The fraction of sp³-hybridized carbons (Fsp3) is 0.167. The zero-order valence-electron chi connectivity index (χ0n) is 8.69. The van der Waals surface area contributed by atoms with Gasteiger partial charge in [-0.15, -0.1) is 0 Å². The van der Waals surface area contributed by atoms with Gasteiger partial charge in [0, 0.05) is 5.56 Å². The number of benzene rings is 1. The quantitative estimate of drug-likeness (QED) is 0.459. The number of carbonyl (C=O) groups excluding carboxylic acids is 2. The highest BCUT2D eigenvalue weighted by molar-refractivity contribution is 5.79. The van der Waals surface area contributed by atoms with E-state index in [1.165, 1.54) is 19.2 Å².